The van der Waals surface area contributed by atoms with Crippen molar-refractivity contribution in [2.45, 2.75) is 0 Å². The predicted molar refractivity (Wildman–Crippen MR) is 71.1 cm³/mol. The second-order valence-electron chi connectivity index (χ2n) is 4.13. The Morgan fingerprint density at radius 2 is 1.78 bits per heavy atom. The minimum Gasteiger partial charge on any atom is -0.497 e. The molecule has 0 fully saturated rings. The summed E-state index contributed by atoms with van der Waals surface area (Å²) in [4.78, 5) is 0. The Morgan fingerprint density at radius 3 is 2.50 bits per heavy atom. The van der Waals surface area contributed by atoms with E-state index in [-0.39, 0.29) is 0 Å². The van der Waals surface area contributed by atoms with Gasteiger partial charge in [0.15, 0.2) is 0 Å². The lowest BCUT2D eigenvalue weighted by atomic mass is 10.1. The molecule has 0 aliphatic carbocycles. The van der Waals surface area contributed by atoms with Crippen molar-refractivity contribution in [1.29, 1.82) is 0 Å². The first-order valence-electron chi connectivity index (χ1n) is 5.74. The molecule has 3 rings (SSSR count). The third-order valence-corrected chi connectivity index (χ3v) is 3.06. The van der Waals surface area contributed by atoms with Gasteiger partial charge in [-0.25, -0.2) is 0 Å². The van der Waals surface area contributed by atoms with E-state index in [0.717, 1.165) is 27.9 Å². The third-order valence-electron chi connectivity index (χ3n) is 3.06. The minimum atomic E-state index is 0.732. The fourth-order valence-electron chi connectivity index (χ4n) is 2.11. The van der Waals surface area contributed by atoms with Crippen LogP contribution in [0.15, 0.2) is 54.6 Å². The second-order valence-corrected chi connectivity index (χ2v) is 4.13. The molecule has 3 heteroatoms. The summed E-state index contributed by atoms with van der Waals surface area (Å²) in [6.07, 6.45) is 0. The van der Waals surface area contributed by atoms with Crippen LogP contribution in [0.1, 0.15) is 0 Å². The largest absolute Gasteiger partial charge is 0.497 e. The van der Waals surface area contributed by atoms with Crippen LogP contribution in [-0.2, 0) is 0 Å². The Bertz CT molecular complexity index is 686. The number of methoxy groups -OCH3 is 1. The summed E-state index contributed by atoms with van der Waals surface area (Å²) < 4.78 is 6.37. The van der Waals surface area contributed by atoms with Gasteiger partial charge >= 0.3 is 0 Å². The minimum absolute atomic E-state index is 0.732. The van der Waals surface area contributed by atoms with Crippen molar-refractivity contribution < 1.29 is 9.94 Å². The number of nitrogens with zero attached hydrogens (tertiary/aromatic N) is 1. The summed E-state index contributed by atoms with van der Waals surface area (Å²) in [5.74, 6) is 0.732. The SMILES string of the molecule is COc1ccc2cc(-c3ccccc3)n(O)c2c1. The lowest BCUT2D eigenvalue weighted by Gasteiger charge is -2.03. The van der Waals surface area contributed by atoms with Gasteiger partial charge in [0.05, 0.1) is 18.3 Å². The number of fused-ring (bicyclic) bond motifs is 1. The van der Waals surface area contributed by atoms with Crippen LogP contribution in [0.4, 0.5) is 0 Å². The molecule has 0 saturated heterocycles. The summed E-state index contributed by atoms with van der Waals surface area (Å²) in [5.41, 5.74) is 2.50. The number of rotatable bonds is 2. The Balaban J connectivity index is 2.23. The zero-order valence-corrected chi connectivity index (χ0v) is 10.00. The molecular formula is C15H13NO2. The lowest BCUT2D eigenvalue weighted by Crippen LogP contribution is -1.93. The van der Waals surface area contributed by atoms with Crippen molar-refractivity contribution >= 4 is 10.9 Å². The summed E-state index contributed by atoms with van der Waals surface area (Å²) in [6, 6.07) is 17.4. The zero-order valence-electron chi connectivity index (χ0n) is 10.00. The molecule has 0 unspecified atom stereocenters. The summed E-state index contributed by atoms with van der Waals surface area (Å²) in [7, 11) is 1.62. The maximum atomic E-state index is 10.2. The van der Waals surface area contributed by atoms with Crippen molar-refractivity contribution in [3.8, 4) is 17.0 Å². The highest BCUT2D eigenvalue weighted by Gasteiger charge is 2.10. The molecule has 0 amide bonds. The normalized spacial score (nSPS) is 10.7. The molecule has 0 spiro atoms. The average Bonchev–Trinajstić information content (AvgIpc) is 2.77. The zero-order chi connectivity index (χ0) is 12.5. The van der Waals surface area contributed by atoms with Gasteiger partial charge in [0.25, 0.3) is 0 Å². The third kappa shape index (κ3) is 1.61. The van der Waals surface area contributed by atoms with Gasteiger partial charge in [0.2, 0.25) is 0 Å². The summed E-state index contributed by atoms with van der Waals surface area (Å²) >= 11 is 0. The smallest absolute Gasteiger partial charge is 0.121 e. The summed E-state index contributed by atoms with van der Waals surface area (Å²) in [6.45, 7) is 0. The topological polar surface area (TPSA) is 34.4 Å². The van der Waals surface area contributed by atoms with Gasteiger partial charge < -0.3 is 9.94 Å². The standard InChI is InChI=1S/C15H13NO2/c1-18-13-8-7-12-9-14(16(17)15(12)10-13)11-5-3-2-4-6-11/h2-10,17H,1H3. The van der Waals surface area contributed by atoms with Crippen LogP contribution in [0, 0.1) is 0 Å². The van der Waals surface area contributed by atoms with Crippen LogP contribution in [0.2, 0.25) is 0 Å². The van der Waals surface area contributed by atoms with Crippen molar-refractivity contribution in [2.24, 2.45) is 0 Å². The molecule has 0 saturated carbocycles. The van der Waals surface area contributed by atoms with Crippen LogP contribution >= 0.6 is 0 Å². The monoisotopic (exact) mass is 239 g/mol. The molecule has 90 valence electrons. The molecule has 1 N–H and O–H groups in total. The molecule has 0 aliphatic heterocycles. The van der Waals surface area contributed by atoms with E-state index in [1.807, 2.05) is 54.6 Å². The number of hydrogen-bond donors (Lipinski definition) is 1. The van der Waals surface area contributed by atoms with E-state index < -0.39 is 0 Å². The molecule has 18 heavy (non-hydrogen) atoms. The van der Waals surface area contributed by atoms with Gasteiger partial charge in [0, 0.05) is 17.0 Å². The van der Waals surface area contributed by atoms with Crippen molar-refractivity contribution in [2.75, 3.05) is 7.11 Å². The van der Waals surface area contributed by atoms with Gasteiger partial charge in [-0.05, 0) is 18.2 Å². The molecule has 3 nitrogen and oxygen atoms in total. The van der Waals surface area contributed by atoms with Crippen molar-refractivity contribution in [3.63, 3.8) is 0 Å². The van der Waals surface area contributed by atoms with Crippen LogP contribution in [0.25, 0.3) is 22.2 Å². The maximum absolute atomic E-state index is 10.2. The van der Waals surface area contributed by atoms with Crippen LogP contribution < -0.4 is 4.74 Å². The lowest BCUT2D eigenvalue weighted by molar-refractivity contribution is 0.204. The van der Waals surface area contributed by atoms with E-state index in [2.05, 4.69) is 0 Å². The molecule has 2 aromatic carbocycles. The van der Waals surface area contributed by atoms with Crippen LogP contribution in [0.5, 0.6) is 5.75 Å². The molecule has 1 heterocycles. The number of hydrogen-bond acceptors (Lipinski definition) is 2. The first-order chi connectivity index (χ1) is 8.79. The molecule has 0 aliphatic rings. The average molecular weight is 239 g/mol. The fraction of sp³-hybridized carbons (Fsp3) is 0.0667. The molecule has 1 aromatic heterocycles. The molecule has 0 bridgehead atoms. The highest BCUT2D eigenvalue weighted by atomic mass is 16.5. The quantitative estimate of drug-likeness (QED) is 0.694. The molecular weight excluding hydrogens is 226 g/mol. The Kier molecular flexibility index (Phi) is 2.45. The Morgan fingerprint density at radius 1 is 1.00 bits per heavy atom. The van der Waals surface area contributed by atoms with E-state index in [1.54, 1.807) is 7.11 Å². The first-order valence-corrected chi connectivity index (χ1v) is 5.74. The van der Waals surface area contributed by atoms with Gasteiger partial charge in [-0.15, -0.1) is 0 Å². The molecule has 0 atom stereocenters. The van der Waals surface area contributed by atoms with Crippen LogP contribution in [0.3, 0.4) is 0 Å². The van der Waals surface area contributed by atoms with E-state index in [4.69, 9.17) is 4.74 Å². The summed E-state index contributed by atoms with van der Waals surface area (Å²) in [5, 5.41) is 11.2. The molecule has 0 radical (unpaired) electrons. The Hall–Kier alpha value is -2.42. The number of benzene rings is 2. The second kappa shape index (κ2) is 4.11. The number of aromatic nitrogens is 1. The number of ether oxygens (including phenoxy) is 1. The highest BCUT2D eigenvalue weighted by Crippen LogP contribution is 2.29. The van der Waals surface area contributed by atoms with Gasteiger partial charge in [-0.2, -0.15) is 4.73 Å². The van der Waals surface area contributed by atoms with E-state index in [9.17, 15) is 5.21 Å². The van der Waals surface area contributed by atoms with Gasteiger partial charge in [-0.3, -0.25) is 0 Å². The van der Waals surface area contributed by atoms with Crippen LogP contribution in [-0.4, -0.2) is 17.0 Å². The maximum Gasteiger partial charge on any atom is 0.121 e. The molecule has 3 aromatic rings. The fourth-order valence-corrected chi connectivity index (χ4v) is 2.11. The predicted octanol–water partition coefficient (Wildman–Crippen LogP) is 3.55. The highest BCUT2D eigenvalue weighted by molar-refractivity contribution is 5.87. The van der Waals surface area contributed by atoms with E-state index >= 15 is 0 Å². The van der Waals surface area contributed by atoms with Gasteiger partial charge in [-0.1, -0.05) is 30.3 Å². The first kappa shape index (κ1) is 10.7. The van der Waals surface area contributed by atoms with E-state index in [1.165, 1.54) is 4.73 Å². The Labute approximate surface area is 105 Å². The van der Waals surface area contributed by atoms with E-state index in [0.29, 0.717) is 0 Å². The van der Waals surface area contributed by atoms with Crippen molar-refractivity contribution in [3.05, 3.63) is 54.6 Å². The van der Waals surface area contributed by atoms with Gasteiger partial charge in [0.1, 0.15) is 5.75 Å². The van der Waals surface area contributed by atoms with Crippen molar-refractivity contribution in [1.82, 2.24) is 4.73 Å².